The zero-order valence-electron chi connectivity index (χ0n) is 17.6. The minimum Gasteiger partial charge on any atom is -0.478 e. The van der Waals surface area contributed by atoms with Crippen LogP contribution in [0.1, 0.15) is 42.4 Å². The second-order valence-electron chi connectivity index (χ2n) is 9.05. The van der Waals surface area contributed by atoms with E-state index >= 15 is 0 Å². The van der Waals surface area contributed by atoms with Crippen LogP contribution in [0.5, 0.6) is 0 Å². The van der Waals surface area contributed by atoms with Crippen LogP contribution in [0.15, 0.2) is 24.5 Å². The molecule has 160 valence electrons. The third-order valence-electron chi connectivity index (χ3n) is 5.59. The predicted molar refractivity (Wildman–Crippen MR) is 110 cm³/mol. The molecule has 3 atom stereocenters. The third kappa shape index (κ3) is 4.24. The number of aromatic carboxylic acids is 1. The molecule has 0 aromatic carbocycles. The SMILES string of the molecule is Cc1nc(N2C[C@@H]3C(NC(=O)OC(C)(C)C)[C@@H]3C2)ccc1Cn1cc(C(=O)O)cn1. The van der Waals surface area contributed by atoms with E-state index in [9.17, 15) is 9.59 Å². The number of alkyl carbamates (subject to hydrolysis) is 1. The van der Waals surface area contributed by atoms with E-state index in [2.05, 4.69) is 15.3 Å². The maximum absolute atomic E-state index is 12.0. The lowest BCUT2D eigenvalue weighted by Gasteiger charge is -2.23. The lowest BCUT2D eigenvalue weighted by atomic mass is 10.2. The first kappa shape index (κ1) is 20.2. The van der Waals surface area contributed by atoms with E-state index in [1.165, 1.54) is 12.4 Å². The van der Waals surface area contributed by atoms with Gasteiger partial charge >= 0.3 is 12.1 Å². The summed E-state index contributed by atoms with van der Waals surface area (Å²) in [7, 11) is 0. The zero-order chi connectivity index (χ0) is 21.6. The van der Waals surface area contributed by atoms with Crippen LogP contribution in [0.4, 0.5) is 10.6 Å². The van der Waals surface area contributed by atoms with Crippen molar-refractivity contribution in [3.63, 3.8) is 0 Å². The summed E-state index contributed by atoms with van der Waals surface area (Å²) in [6.45, 7) is 9.71. The number of carbonyl (C=O) groups is 2. The van der Waals surface area contributed by atoms with Gasteiger partial charge in [-0.1, -0.05) is 6.07 Å². The number of carboxylic acids is 1. The van der Waals surface area contributed by atoms with E-state index in [0.29, 0.717) is 18.4 Å². The molecule has 1 aliphatic carbocycles. The van der Waals surface area contributed by atoms with E-state index in [-0.39, 0.29) is 17.7 Å². The van der Waals surface area contributed by atoms with Crippen molar-refractivity contribution in [3.05, 3.63) is 41.3 Å². The number of pyridine rings is 1. The highest BCUT2D eigenvalue weighted by molar-refractivity contribution is 5.86. The molecule has 4 rings (SSSR count). The Morgan fingerprint density at radius 1 is 1.27 bits per heavy atom. The number of ether oxygens (including phenoxy) is 1. The molecule has 1 saturated heterocycles. The first-order valence-electron chi connectivity index (χ1n) is 10.1. The van der Waals surface area contributed by atoms with Gasteiger partial charge in [0.2, 0.25) is 0 Å². The Hall–Kier alpha value is -3.10. The zero-order valence-corrected chi connectivity index (χ0v) is 17.6. The van der Waals surface area contributed by atoms with Crippen molar-refractivity contribution in [1.29, 1.82) is 0 Å². The maximum atomic E-state index is 12.0. The fourth-order valence-electron chi connectivity index (χ4n) is 4.03. The van der Waals surface area contributed by atoms with Crippen molar-refractivity contribution in [2.75, 3.05) is 18.0 Å². The second-order valence-corrected chi connectivity index (χ2v) is 9.05. The smallest absolute Gasteiger partial charge is 0.407 e. The maximum Gasteiger partial charge on any atom is 0.407 e. The molecular formula is C21H27N5O4. The molecule has 2 aliphatic rings. The number of aryl methyl sites for hydroxylation is 1. The number of amides is 1. The molecular weight excluding hydrogens is 386 g/mol. The summed E-state index contributed by atoms with van der Waals surface area (Å²) < 4.78 is 6.94. The molecule has 2 aromatic rings. The monoisotopic (exact) mass is 413 g/mol. The van der Waals surface area contributed by atoms with E-state index in [0.717, 1.165) is 30.2 Å². The summed E-state index contributed by atoms with van der Waals surface area (Å²) in [6.07, 6.45) is 2.51. The number of nitrogens with one attached hydrogen (secondary N) is 1. The first-order valence-corrected chi connectivity index (χ1v) is 10.1. The Morgan fingerprint density at radius 2 is 1.97 bits per heavy atom. The van der Waals surface area contributed by atoms with Gasteiger partial charge in [0.15, 0.2) is 0 Å². The average Bonchev–Trinajstić information content (AvgIpc) is 3.05. The van der Waals surface area contributed by atoms with Gasteiger partial charge in [-0.15, -0.1) is 0 Å². The van der Waals surface area contributed by atoms with Gasteiger partial charge in [-0.3, -0.25) is 4.68 Å². The highest BCUT2D eigenvalue weighted by atomic mass is 16.6. The molecule has 2 fully saturated rings. The predicted octanol–water partition coefficient (Wildman–Crippen LogP) is 2.29. The Labute approximate surface area is 175 Å². The summed E-state index contributed by atoms with van der Waals surface area (Å²) in [5.41, 5.74) is 1.56. The van der Waals surface area contributed by atoms with Crippen LogP contribution in [-0.2, 0) is 11.3 Å². The van der Waals surface area contributed by atoms with Gasteiger partial charge in [-0.2, -0.15) is 5.10 Å². The summed E-state index contributed by atoms with van der Waals surface area (Å²) in [4.78, 5) is 29.9. The third-order valence-corrected chi connectivity index (χ3v) is 5.59. The minimum atomic E-state index is -0.987. The normalized spacial score (nSPS) is 22.5. The van der Waals surface area contributed by atoms with Crippen LogP contribution in [0.3, 0.4) is 0 Å². The number of piperidine rings is 1. The quantitative estimate of drug-likeness (QED) is 0.774. The van der Waals surface area contributed by atoms with E-state index < -0.39 is 11.6 Å². The molecule has 3 heterocycles. The fraction of sp³-hybridized carbons (Fsp3) is 0.524. The van der Waals surface area contributed by atoms with Gasteiger partial charge in [0, 0.05) is 42.9 Å². The molecule has 0 radical (unpaired) electrons. The van der Waals surface area contributed by atoms with Crippen LogP contribution >= 0.6 is 0 Å². The van der Waals surface area contributed by atoms with Gasteiger partial charge in [0.05, 0.1) is 18.3 Å². The Morgan fingerprint density at radius 3 is 2.53 bits per heavy atom. The summed E-state index contributed by atoms with van der Waals surface area (Å²) in [5, 5.41) is 16.1. The Balaban J connectivity index is 1.33. The number of fused-ring (bicyclic) bond motifs is 1. The Kier molecular flexibility index (Phi) is 4.91. The molecule has 0 spiro atoms. The molecule has 2 N–H and O–H groups in total. The van der Waals surface area contributed by atoms with Crippen molar-refractivity contribution in [2.24, 2.45) is 11.8 Å². The number of anilines is 1. The number of rotatable bonds is 5. The number of carboxylic acid groups (broad SMARTS) is 1. The van der Waals surface area contributed by atoms with Gasteiger partial charge in [0.1, 0.15) is 11.4 Å². The number of hydrogen-bond acceptors (Lipinski definition) is 6. The van der Waals surface area contributed by atoms with Crippen LogP contribution in [0, 0.1) is 18.8 Å². The van der Waals surface area contributed by atoms with Crippen LogP contribution < -0.4 is 10.2 Å². The molecule has 9 heteroatoms. The van der Waals surface area contributed by atoms with E-state index in [1.54, 1.807) is 4.68 Å². The standard InChI is InChI=1S/C21H27N5O4/c1-12-13(8-26-9-14(7-22-26)19(27)28)5-6-17(23-12)25-10-15-16(11-25)18(15)24-20(29)30-21(2,3)4/h5-7,9,15-16,18H,8,10-11H2,1-4H3,(H,24,29)(H,27,28)/t15-,16+,18?. The van der Waals surface area contributed by atoms with Crippen molar-refractivity contribution >= 4 is 17.9 Å². The van der Waals surface area contributed by atoms with Crippen molar-refractivity contribution < 1.29 is 19.4 Å². The van der Waals surface area contributed by atoms with Gasteiger partial charge in [0.25, 0.3) is 0 Å². The van der Waals surface area contributed by atoms with Crippen LogP contribution in [-0.4, -0.2) is 56.7 Å². The van der Waals surface area contributed by atoms with Crippen LogP contribution in [0.2, 0.25) is 0 Å². The lowest BCUT2D eigenvalue weighted by Crippen LogP contribution is -2.38. The summed E-state index contributed by atoms with van der Waals surface area (Å²) >= 11 is 0. The average molecular weight is 413 g/mol. The Bertz CT molecular complexity index is 968. The summed E-state index contributed by atoms with van der Waals surface area (Å²) in [5.74, 6) is 0.792. The van der Waals surface area contributed by atoms with E-state index in [4.69, 9.17) is 14.8 Å². The van der Waals surface area contributed by atoms with Crippen molar-refractivity contribution in [1.82, 2.24) is 20.1 Å². The number of nitrogens with zero attached hydrogens (tertiary/aromatic N) is 4. The molecule has 2 aromatic heterocycles. The molecule has 0 bridgehead atoms. The lowest BCUT2D eigenvalue weighted by molar-refractivity contribution is 0.0517. The number of carbonyl (C=O) groups excluding carboxylic acids is 1. The second kappa shape index (κ2) is 7.30. The molecule has 1 amide bonds. The molecule has 1 saturated carbocycles. The van der Waals surface area contributed by atoms with Gasteiger partial charge in [-0.25, -0.2) is 14.6 Å². The molecule has 1 unspecified atom stereocenters. The van der Waals surface area contributed by atoms with Gasteiger partial charge in [-0.05, 0) is 39.3 Å². The van der Waals surface area contributed by atoms with Crippen molar-refractivity contribution in [2.45, 2.75) is 45.9 Å². The highest BCUT2D eigenvalue weighted by Crippen LogP contribution is 2.46. The minimum absolute atomic E-state index is 0.170. The topological polar surface area (TPSA) is 110 Å². The van der Waals surface area contributed by atoms with Crippen molar-refractivity contribution in [3.8, 4) is 0 Å². The van der Waals surface area contributed by atoms with Crippen LogP contribution in [0.25, 0.3) is 0 Å². The molecule has 30 heavy (non-hydrogen) atoms. The summed E-state index contributed by atoms with van der Waals surface area (Å²) in [6, 6.07) is 4.19. The number of hydrogen-bond donors (Lipinski definition) is 2. The largest absolute Gasteiger partial charge is 0.478 e. The highest BCUT2D eigenvalue weighted by Gasteiger charge is 2.57. The van der Waals surface area contributed by atoms with Gasteiger partial charge < -0.3 is 20.1 Å². The van der Waals surface area contributed by atoms with E-state index in [1.807, 2.05) is 39.8 Å². The number of aromatic nitrogens is 3. The fourth-order valence-corrected chi connectivity index (χ4v) is 4.03. The molecule has 1 aliphatic heterocycles. The first-order chi connectivity index (χ1) is 14.1. The molecule has 9 nitrogen and oxygen atoms in total.